The summed E-state index contributed by atoms with van der Waals surface area (Å²) in [4.78, 5) is 37.0. The molecule has 122 valence electrons. The molecule has 2 amide bonds. The van der Waals surface area contributed by atoms with Gasteiger partial charge in [0.2, 0.25) is 11.8 Å². The highest BCUT2D eigenvalue weighted by Crippen LogP contribution is 2.28. The lowest BCUT2D eigenvalue weighted by atomic mass is 9.89. The van der Waals surface area contributed by atoms with Gasteiger partial charge in [-0.05, 0) is 37.3 Å². The summed E-state index contributed by atoms with van der Waals surface area (Å²) in [5, 5.41) is 12.0. The van der Waals surface area contributed by atoms with E-state index in [9.17, 15) is 14.4 Å². The average Bonchev–Trinajstić information content (AvgIpc) is 3.02. The molecule has 3 rings (SSSR count). The molecule has 0 bridgehead atoms. The predicted octanol–water partition coefficient (Wildman–Crippen LogP) is 1.65. The lowest BCUT2D eigenvalue weighted by molar-refractivity contribution is -0.148. The van der Waals surface area contributed by atoms with E-state index in [1.807, 2.05) is 24.3 Å². The lowest BCUT2D eigenvalue weighted by Gasteiger charge is -2.26. The van der Waals surface area contributed by atoms with Crippen molar-refractivity contribution in [2.75, 3.05) is 11.9 Å². The van der Waals surface area contributed by atoms with Gasteiger partial charge in [0.05, 0.1) is 0 Å². The second kappa shape index (κ2) is 6.40. The maximum atomic E-state index is 12.3. The number of benzene rings is 1. The van der Waals surface area contributed by atoms with E-state index in [1.54, 1.807) is 0 Å². The van der Waals surface area contributed by atoms with Crippen LogP contribution in [0, 0.1) is 5.92 Å². The van der Waals surface area contributed by atoms with Crippen LogP contribution < -0.4 is 5.32 Å². The van der Waals surface area contributed by atoms with Crippen molar-refractivity contribution in [2.45, 2.75) is 38.1 Å². The second-order valence-corrected chi connectivity index (χ2v) is 6.17. The maximum Gasteiger partial charge on any atom is 0.326 e. The van der Waals surface area contributed by atoms with Crippen molar-refractivity contribution in [1.29, 1.82) is 0 Å². The van der Waals surface area contributed by atoms with E-state index in [0.717, 1.165) is 17.7 Å². The molecule has 2 aliphatic heterocycles. The maximum absolute atomic E-state index is 12.3. The summed E-state index contributed by atoms with van der Waals surface area (Å²) in [5.74, 6) is -1.41. The Bertz CT molecular complexity index is 643. The van der Waals surface area contributed by atoms with Crippen LogP contribution in [0.5, 0.6) is 0 Å². The number of amides is 2. The van der Waals surface area contributed by atoms with E-state index in [2.05, 4.69) is 5.32 Å². The fraction of sp³-hybridized carbons (Fsp3) is 0.471. The number of likely N-dealkylation sites (tertiary alicyclic amines) is 1. The molecule has 0 radical (unpaired) electrons. The van der Waals surface area contributed by atoms with Gasteiger partial charge >= 0.3 is 5.97 Å². The number of hydrogen-bond acceptors (Lipinski definition) is 3. The van der Waals surface area contributed by atoms with Gasteiger partial charge in [-0.3, -0.25) is 9.59 Å². The van der Waals surface area contributed by atoms with Crippen molar-refractivity contribution >= 4 is 23.5 Å². The van der Waals surface area contributed by atoms with Crippen molar-refractivity contribution in [3.63, 3.8) is 0 Å². The quantitative estimate of drug-likeness (QED) is 0.884. The third-order valence-corrected chi connectivity index (χ3v) is 4.68. The first-order valence-corrected chi connectivity index (χ1v) is 7.97. The van der Waals surface area contributed by atoms with Crippen LogP contribution >= 0.6 is 0 Å². The molecule has 1 saturated heterocycles. The number of rotatable bonds is 4. The highest BCUT2D eigenvalue weighted by molar-refractivity contribution is 5.96. The van der Waals surface area contributed by atoms with Gasteiger partial charge in [0, 0.05) is 24.6 Å². The van der Waals surface area contributed by atoms with Crippen LogP contribution in [0.4, 0.5) is 5.69 Å². The topological polar surface area (TPSA) is 86.7 Å². The summed E-state index contributed by atoms with van der Waals surface area (Å²) in [6.45, 7) is 0.496. The number of para-hydroxylation sites is 1. The third-order valence-electron chi connectivity index (χ3n) is 4.68. The van der Waals surface area contributed by atoms with Crippen molar-refractivity contribution in [3.8, 4) is 0 Å². The van der Waals surface area contributed by atoms with Gasteiger partial charge < -0.3 is 15.3 Å². The van der Waals surface area contributed by atoms with E-state index < -0.39 is 12.0 Å². The fourth-order valence-electron chi connectivity index (χ4n) is 3.41. The third kappa shape index (κ3) is 3.21. The molecule has 6 heteroatoms. The van der Waals surface area contributed by atoms with Crippen LogP contribution in [0.3, 0.4) is 0 Å². The molecule has 2 atom stereocenters. The number of carboxylic acids is 1. The van der Waals surface area contributed by atoms with Crippen LogP contribution in [0.25, 0.3) is 0 Å². The van der Waals surface area contributed by atoms with Crippen LogP contribution in [-0.4, -0.2) is 40.4 Å². The largest absolute Gasteiger partial charge is 0.480 e. The Morgan fingerprint density at radius 2 is 2.09 bits per heavy atom. The standard InChI is InChI=1S/C17H20N2O4/c20-15(19-9-3-6-14(19)17(22)23)8-7-12-10-11-4-1-2-5-13(11)18-16(12)21/h1-2,4-5,12,14H,3,6-10H2,(H,18,21)(H,22,23)/t12-,14+/m0/s1. The highest BCUT2D eigenvalue weighted by Gasteiger charge is 2.34. The number of aliphatic carboxylic acids is 1. The summed E-state index contributed by atoms with van der Waals surface area (Å²) in [5.41, 5.74) is 1.92. The van der Waals surface area contributed by atoms with Gasteiger partial charge in [0.25, 0.3) is 0 Å². The smallest absolute Gasteiger partial charge is 0.326 e. The molecule has 2 aliphatic rings. The second-order valence-electron chi connectivity index (χ2n) is 6.17. The van der Waals surface area contributed by atoms with E-state index >= 15 is 0 Å². The summed E-state index contributed by atoms with van der Waals surface area (Å²) in [7, 11) is 0. The Morgan fingerprint density at radius 3 is 2.87 bits per heavy atom. The molecule has 23 heavy (non-hydrogen) atoms. The molecule has 0 aromatic heterocycles. The number of carboxylic acid groups (broad SMARTS) is 1. The minimum Gasteiger partial charge on any atom is -0.480 e. The van der Waals surface area contributed by atoms with Crippen molar-refractivity contribution in [3.05, 3.63) is 29.8 Å². The summed E-state index contributed by atoms with van der Waals surface area (Å²) in [6, 6.07) is 6.95. The Kier molecular flexibility index (Phi) is 4.32. The molecule has 0 spiro atoms. The SMILES string of the molecule is O=C1Nc2ccccc2C[C@@H]1CCC(=O)N1CCC[C@@H]1C(=O)O. The lowest BCUT2D eigenvalue weighted by Crippen LogP contribution is -2.41. The number of fused-ring (bicyclic) bond motifs is 1. The average molecular weight is 316 g/mol. The molecule has 6 nitrogen and oxygen atoms in total. The zero-order valence-corrected chi connectivity index (χ0v) is 12.8. The molecule has 1 aromatic carbocycles. The molecule has 0 unspecified atom stereocenters. The van der Waals surface area contributed by atoms with Crippen LogP contribution in [0.15, 0.2) is 24.3 Å². The first-order chi connectivity index (χ1) is 11.1. The zero-order chi connectivity index (χ0) is 16.4. The van der Waals surface area contributed by atoms with Gasteiger partial charge in [0.1, 0.15) is 6.04 Å². The summed E-state index contributed by atoms with van der Waals surface area (Å²) in [6.07, 6.45) is 2.52. The van der Waals surface area contributed by atoms with Gasteiger partial charge in [-0.1, -0.05) is 18.2 Å². The monoisotopic (exact) mass is 316 g/mol. The number of anilines is 1. The van der Waals surface area contributed by atoms with E-state index in [4.69, 9.17) is 5.11 Å². The van der Waals surface area contributed by atoms with Gasteiger partial charge in [-0.25, -0.2) is 4.79 Å². The van der Waals surface area contributed by atoms with Crippen LogP contribution in [-0.2, 0) is 20.8 Å². The van der Waals surface area contributed by atoms with Crippen molar-refractivity contribution < 1.29 is 19.5 Å². The van der Waals surface area contributed by atoms with E-state index in [-0.39, 0.29) is 24.2 Å². The number of nitrogens with zero attached hydrogens (tertiary/aromatic N) is 1. The highest BCUT2D eigenvalue weighted by atomic mass is 16.4. The summed E-state index contributed by atoms with van der Waals surface area (Å²) < 4.78 is 0. The van der Waals surface area contributed by atoms with Gasteiger partial charge in [-0.15, -0.1) is 0 Å². The minimum atomic E-state index is -0.944. The van der Waals surface area contributed by atoms with E-state index in [0.29, 0.717) is 25.8 Å². The molecule has 1 fully saturated rings. The molecular weight excluding hydrogens is 296 g/mol. The minimum absolute atomic E-state index is 0.0623. The predicted molar refractivity (Wildman–Crippen MR) is 83.9 cm³/mol. The molecular formula is C17H20N2O4. The Morgan fingerprint density at radius 1 is 1.30 bits per heavy atom. The van der Waals surface area contributed by atoms with Crippen molar-refractivity contribution in [1.82, 2.24) is 4.90 Å². The normalized spacial score (nSPS) is 23.3. The fourth-order valence-corrected chi connectivity index (χ4v) is 3.41. The Hall–Kier alpha value is -2.37. The van der Waals surface area contributed by atoms with Crippen LogP contribution in [0.1, 0.15) is 31.2 Å². The first kappa shape index (κ1) is 15.5. The Labute approximate surface area is 134 Å². The number of hydrogen-bond donors (Lipinski definition) is 2. The zero-order valence-electron chi connectivity index (χ0n) is 12.8. The number of carbonyl (C=O) groups excluding carboxylic acids is 2. The Balaban J connectivity index is 1.59. The molecule has 0 saturated carbocycles. The summed E-state index contributed by atoms with van der Waals surface area (Å²) >= 11 is 0. The molecule has 0 aliphatic carbocycles. The van der Waals surface area contributed by atoms with Gasteiger partial charge in [-0.2, -0.15) is 0 Å². The van der Waals surface area contributed by atoms with Gasteiger partial charge in [0.15, 0.2) is 0 Å². The van der Waals surface area contributed by atoms with E-state index in [1.165, 1.54) is 4.90 Å². The first-order valence-electron chi connectivity index (χ1n) is 7.97. The molecule has 2 heterocycles. The van der Waals surface area contributed by atoms with Crippen molar-refractivity contribution in [2.24, 2.45) is 5.92 Å². The molecule has 2 N–H and O–H groups in total. The number of carbonyl (C=O) groups is 3. The molecule has 1 aromatic rings. The number of nitrogens with one attached hydrogen (secondary N) is 1. The van der Waals surface area contributed by atoms with Crippen LogP contribution in [0.2, 0.25) is 0 Å².